The monoisotopic (exact) mass is 365 g/mol. The molecule has 5 nitrogen and oxygen atoms in total. The number of carbonyl (C=O) groups is 1. The van der Waals surface area contributed by atoms with E-state index in [0.29, 0.717) is 40.4 Å². The Labute approximate surface area is 150 Å². The first kappa shape index (κ1) is 17.0. The van der Waals surface area contributed by atoms with Crippen molar-refractivity contribution in [1.29, 1.82) is 0 Å². The van der Waals surface area contributed by atoms with E-state index in [1.165, 1.54) is 0 Å². The van der Waals surface area contributed by atoms with Gasteiger partial charge >= 0.3 is 0 Å². The van der Waals surface area contributed by atoms with E-state index >= 15 is 0 Å². The summed E-state index contributed by atoms with van der Waals surface area (Å²) in [5.74, 6) is 1.05. The molecule has 0 spiro atoms. The molecule has 1 amide bonds. The summed E-state index contributed by atoms with van der Waals surface area (Å²) >= 11 is 12.1. The molecule has 126 valence electrons. The van der Waals surface area contributed by atoms with Crippen molar-refractivity contribution in [3.63, 3.8) is 0 Å². The summed E-state index contributed by atoms with van der Waals surface area (Å²) in [4.78, 5) is 22.8. The Hall–Kier alpha value is -1.85. The molecular formula is C17H17Cl2N3O2. The van der Waals surface area contributed by atoms with Crippen LogP contribution in [0.25, 0.3) is 0 Å². The van der Waals surface area contributed by atoms with Crippen LogP contribution in [-0.4, -0.2) is 40.0 Å². The maximum atomic E-state index is 12.7. The van der Waals surface area contributed by atoms with Crippen LogP contribution < -0.4 is 4.74 Å². The summed E-state index contributed by atoms with van der Waals surface area (Å²) in [6, 6.07) is 6.63. The topological polar surface area (TPSA) is 55.3 Å². The molecule has 3 rings (SSSR count). The van der Waals surface area contributed by atoms with Crippen molar-refractivity contribution in [2.24, 2.45) is 0 Å². The van der Waals surface area contributed by atoms with E-state index in [9.17, 15) is 4.79 Å². The second-order valence-corrected chi connectivity index (χ2v) is 6.54. The van der Waals surface area contributed by atoms with Gasteiger partial charge in [0, 0.05) is 23.8 Å². The molecule has 0 saturated carbocycles. The van der Waals surface area contributed by atoms with Crippen LogP contribution in [0, 0.1) is 6.92 Å². The van der Waals surface area contributed by atoms with E-state index in [4.69, 9.17) is 27.9 Å². The largest absolute Gasteiger partial charge is 0.472 e. The van der Waals surface area contributed by atoms with Crippen LogP contribution >= 0.6 is 23.2 Å². The van der Waals surface area contributed by atoms with Gasteiger partial charge in [0.05, 0.1) is 17.1 Å². The van der Waals surface area contributed by atoms with Gasteiger partial charge in [0.2, 0.25) is 5.88 Å². The SMILES string of the molecule is Cc1nccc(OC2CCCN(C(=O)c3cc(Cl)ccc3Cl)C2)n1. The quantitative estimate of drug-likeness (QED) is 0.830. The highest BCUT2D eigenvalue weighted by atomic mass is 35.5. The van der Waals surface area contributed by atoms with Crippen molar-refractivity contribution in [1.82, 2.24) is 14.9 Å². The van der Waals surface area contributed by atoms with Crippen LogP contribution in [0.3, 0.4) is 0 Å². The molecule has 1 aromatic carbocycles. The third-order valence-electron chi connectivity index (χ3n) is 3.86. The average molecular weight is 366 g/mol. The molecule has 0 N–H and O–H groups in total. The minimum absolute atomic E-state index is 0.102. The predicted molar refractivity (Wildman–Crippen MR) is 92.8 cm³/mol. The zero-order valence-corrected chi connectivity index (χ0v) is 14.7. The summed E-state index contributed by atoms with van der Waals surface area (Å²) in [7, 11) is 0. The molecule has 0 radical (unpaired) electrons. The molecule has 1 aliphatic heterocycles. The van der Waals surface area contributed by atoms with Crippen LogP contribution in [0.1, 0.15) is 29.0 Å². The van der Waals surface area contributed by atoms with Gasteiger partial charge in [-0.1, -0.05) is 23.2 Å². The third kappa shape index (κ3) is 3.97. The number of halogens is 2. The molecule has 0 bridgehead atoms. The Bertz CT molecular complexity index is 754. The summed E-state index contributed by atoms with van der Waals surface area (Å²) < 4.78 is 5.90. The van der Waals surface area contributed by atoms with Gasteiger partial charge < -0.3 is 9.64 Å². The first-order valence-electron chi connectivity index (χ1n) is 7.73. The molecule has 24 heavy (non-hydrogen) atoms. The Kier molecular flexibility index (Phi) is 5.21. The lowest BCUT2D eigenvalue weighted by molar-refractivity contribution is 0.0527. The highest BCUT2D eigenvalue weighted by Crippen LogP contribution is 2.24. The molecule has 1 aromatic heterocycles. The number of hydrogen-bond donors (Lipinski definition) is 0. The molecule has 1 atom stereocenters. The summed E-state index contributed by atoms with van der Waals surface area (Å²) in [5, 5.41) is 0.892. The number of hydrogen-bond acceptors (Lipinski definition) is 4. The molecule has 2 aromatic rings. The molecule has 7 heteroatoms. The normalized spacial score (nSPS) is 17.6. The Balaban J connectivity index is 1.71. The first-order valence-corrected chi connectivity index (χ1v) is 8.49. The average Bonchev–Trinajstić information content (AvgIpc) is 2.57. The smallest absolute Gasteiger partial charge is 0.255 e. The van der Waals surface area contributed by atoms with Crippen LogP contribution in [0.2, 0.25) is 10.0 Å². The number of amides is 1. The molecule has 2 heterocycles. The van der Waals surface area contributed by atoms with Crippen molar-refractivity contribution in [3.05, 3.63) is 51.9 Å². The molecule has 1 fully saturated rings. The molecule has 1 saturated heterocycles. The highest BCUT2D eigenvalue weighted by molar-refractivity contribution is 6.35. The zero-order valence-electron chi connectivity index (χ0n) is 13.2. The Morgan fingerprint density at radius 2 is 2.17 bits per heavy atom. The second kappa shape index (κ2) is 7.36. The fraction of sp³-hybridized carbons (Fsp3) is 0.353. The maximum absolute atomic E-state index is 12.7. The van der Waals surface area contributed by atoms with Crippen LogP contribution in [0.5, 0.6) is 5.88 Å². The number of ether oxygens (including phenoxy) is 1. The number of rotatable bonds is 3. The van der Waals surface area contributed by atoms with E-state index in [1.807, 2.05) is 6.92 Å². The zero-order chi connectivity index (χ0) is 17.1. The van der Waals surface area contributed by atoms with Gasteiger partial charge in [0.15, 0.2) is 0 Å². The van der Waals surface area contributed by atoms with Crippen LogP contribution in [0.4, 0.5) is 0 Å². The van der Waals surface area contributed by atoms with Gasteiger partial charge in [0.1, 0.15) is 11.9 Å². The van der Waals surface area contributed by atoms with Crippen molar-refractivity contribution in [3.8, 4) is 5.88 Å². The molecule has 1 aliphatic rings. The number of carbonyl (C=O) groups excluding carboxylic acids is 1. The number of aryl methyl sites for hydroxylation is 1. The van der Waals surface area contributed by atoms with E-state index in [-0.39, 0.29) is 12.0 Å². The van der Waals surface area contributed by atoms with Gasteiger partial charge in [0.25, 0.3) is 5.91 Å². The fourth-order valence-corrected chi connectivity index (χ4v) is 3.09. The predicted octanol–water partition coefficient (Wildman–Crippen LogP) is 3.78. The highest BCUT2D eigenvalue weighted by Gasteiger charge is 2.27. The van der Waals surface area contributed by atoms with Gasteiger partial charge in [-0.15, -0.1) is 0 Å². The maximum Gasteiger partial charge on any atom is 0.255 e. The number of benzene rings is 1. The van der Waals surface area contributed by atoms with Gasteiger partial charge in [-0.25, -0.2) is 4.98 Å². The van der Waals surface area contributed by atoms with Crippen molar-refractivity contribution < 1.29 is 9.53 Å². The fourth-order valence-electron chi connectivity index (χ4n) is 2.72. The van der Waals surface area contributed by atoms with E-state index in [2.05, 4.69) is 9.97 Å². The van der Waals surface area contributed by atoms with Crippen molar-refractivity contribution in [2.45, 2.75) is 25.9 Å². The summed E-state index contributed by atoms with van der Waals surface area (Å²) in [6.45, 7) is 2.97. The molecular weight excluding hydrogens is 349 g/mol. The Morgan fingerprint density at radius 3 is 2.96 bits per heavy atom. The van der Waals surface area contributed by atoms with Crippen LogP contribution in [-0.2, 0) is 0 Å². The second-order valence-electron chi connectivity index (χ2n) is 5.70. The summed E-state index contributed by atoms with van der Waals surface area (Å²) in [5.41, 5.74) is 0.419. The Morgan fingerprint density at radius 1 is 1.33 bits per heavy atom. The van der Waals surface area contributed by atoms with E-state index in [0.717, 1.165) is 12.8 Å². The summed E-state index contributed by atoms with van der Waals surface area (Å²) in [6.07, 6.45) is 3.29. The lowest BCUT2D eigenvalue weighted by Crippen LogP contribution is -2.44. The number of nitrogens with zero attached hydrogens (tertiary/aromatic N) is 3. The number of likely N-dealkylation sites (tertiary alicyclic amines) is 1. The van der Waals surface area contributed by atoms with E-state index in [1.54, 1.807) is 35.4 Å². The van der Waals surface area contributed by atoms with Gasteiger partial charge in [-0.05, 0) is 38.0 Å². The first-order chi connectivity index (χ1) is 11.5. The minimum Gasteiger partial charge on any atom is -0.472 e. The lowest BCUT2D eigenvalue weighted by atomic mass is 10.1. The van der Waals surface area contributed by atoms with Crippen LogP contribution in [0.15, 0.2) is 30.5 Å². The van der Waals surface area contributed by atoms with Gasteiger partial charge in [-0.3, -0.25) is 4.79 Å². The number of piperidine rings is 1. The molecule has 0 aliphatic carbocycles. The minimum atomic E-state index is -0.130. The van der Waals surface area contributed by atoms with Gasteiger partial charge in [-0.2, -0.15) is 4.98 Å². The lowest BCUT2D eigenvalue weighted by Gasteiger charge is -2.32. The van der Waals surface area contributed by atoms with E-state index < -0.39 is 0 Å². The molecule has 1 unspecified atom stereocenters. The van der Waals surface area contributed by atoms with Crippen molar-refractivity contribution in [2.75, 3.05) is 13.1 Å². The third-order valence-corrected chi connectivity index (χ3v) is 4.43. The number of aromatic nitrogens is 2. The van der Waals surface area contributed by atoms with Crippen molar-refractivity contribution >= 4 is 29.1 Å². The standard InChI is InChI=1S/C17H17Cl2N3O2/c1-11-20-7-6-16(21-11)24-13-3-2-8-22(10-13)17(23)14-9-12(18)4-5-15(14)19/h4-7,9,13H,2-3,8,10H2,1H3.